The standard InChI is InChI=1S/C24H26N2O6/c1-14(23(28)29)26(2)22(27)20-11-31-13-21(20)25-24(30)32-12-19-17-9-5-3-7-15(17)16-8-4-6-10-18(16)19/h3-10,14,19-21H,11-13H2,1-2H3,(H,25,30)(H,28,29)/t14-,20?,21?/m0/s1. The Hall–Kier alpha value is -3.39. The van der Waals surface area contributed by atoms with Gasteiger partial charge in [0.25, 0.3) is 0 Å². The number of alkyl carbamates (subject to hydrolysis) is 1. The van der Waals surface area contributed by atoms with E-state index in [4.69, 9.17) is 14.6 Å². The average Bonchev–Trinajstić information content (AvgIpc) is 3.38. The number of nitrogens with zero attached hydrogens (tertiary/aromatic N) is 1. The largest absolute Gasteiger partial charge is 0.480 e. The number of carboxylic acid groups (broad SMARTS) is 1. The summed E-state index contributed by atoms with van der Waals surface area (Å²) < 4.78 is 10.9. The summed E-state index contributed by atoms with van der Waals surface area (Å²) in [6.07, 6.45) is -0.630. The Labute approximate surface area is 186 Å². The molecule has 1 aliphatic heterocycles. The van der Waals surface area contributed by atoms with Gasteiger partial charge in [-0.1, -0.05) is 48.5 Å². The molecule has 2 unspecified atom stereocenters. The second-order valence-corrected chi connectivity index (χ2v) is 8.18. The lowest BCUT2D eigenvalue weighted by Crippen LogP contribution is -2.50. The second kappa shape index (κ2) is 9.00. The molecule has 0 bridgehead atoms. The van der Waals surface area contributed by atoms with Gasteiger partial charge >= 0.3 is 12.1 Å². The highest BCUT2D eigenvalue weighted by Gasteiger charge is 2.39. The van der Waals surface area contributed by atoms with Crippen molar-refractivity contribution in [2.75, 3.05) is 26.9 Å². The van der Waals surface area contributed by atoms with Crippen LogP contribution in [0.2, 0.25) is 0 Å². The van der Waals surface area contributed by atoms with Crippen molar-refractivity contribution in [2.45, 2.75) is 24.9 Å². The number of carbonyl (C=O) groups excluding carboxylic acids is 2. The molecule has 8 heteroatoms. The minimum atomic E-state index is -1.10. The average molecular weight is 438 g/mol. The van der Waals surface area contributed by atoms with Crippen LogP contribution in [0.15, 0.2) is 48.5 Å². The van der Waals surface area contributed by atoms with E-state index >= 15 is 0 Å². The van der Waals surface area contributed by atoms with Crippen molar-refractivity contribution < 1.29 is 29.0 Å². The van der Waals surface area contributed by atoms with Crippen molar-refractivity contribution in [3.63, 3.8) is 0 Å². The zero-order chi connectivity index (χ0) is 22.8. The third kappa shape index (κ3) is 4.05. The number of nitrogens with one attached hydrogen (secondary N) is 1. The molecule has 1 saturated heterocycles. The van der Waals surface area contributed by atoms with Crippen molar-refractivity contribution in [3.8, 4) is 11.1 Å². The predicted octanol–water partition coefficient (Wildman–Crippen LogP) is 2.47. The minimum Gasteiger partial charge on any atom is -0.480 e. The number of aliphatic carboxylic acids is 1. The molecule has 2 aromatic rings. The summed E-state index contributed by atoms with van der Waals surface area (Å²) in [7, 11) is 1.43. The second-order valence-electron chi connectivity index (χ2n) is 8.18. The summed E-state index contributed by atoms with van der Waals surface area (Å²) in [4.78, 5) is 37.6. The Kier molecular flexibility index (Phi) is 6.14. The quantitative estimate of drug-likeness (QED) is 0.718. The maximum absolute atomic E-state index is 12.7. The molecule has 1 aliphatic carbocycles. The first-order chi connectivity index (χ1) is 15.4. The van der Waals surface area contributed by atoms with E-state index in [1.165, 1.54) is 14.0 Å². The monoisotopic (exact) mass is 438 g/mol. The number of carbonyl (C=O) groups is 3. The molecule has 3 atom stereocenters. The van der Waals surface area contributed by atoms with E-state index in [1.54, 1.807) is 0 Å². The van der Waals surface area contributed by atoms with Gasteiger partial charge in [0.15, 0.2) is 0 Å². The third-order valence-corrected chi connectivity index (χ3v) is 6.33. The number of likely N-dealkylation sites (N-methyl/N-ethyl adjacent to an activating group) is 1. The lowest BCUT2D eigenvalue weighted by molar-refractivity contribution is -0.150. The number of fused-ring (bicyclic) bond motifs is 3. The van der Waals surface area contributed by atoms with Crippen LogP contribution in [0.3, 0.4) is 0 Å². The highest BCUT2D eigenvalue weighted by molar-refractivity contribution is 5.86. The highest BCUT2D eigenvalue weighted by Crippen LogP contribution is 2.44. The molecule has 0 aromatic heterocycles. The van der Waals surface area contributed by atoms with Gasteiger partial charge in [-0.25, -0.2) is 9.59 Å². The van der Waals surface area contributed by atoms with E-state index in [-0.39, 0.29) is 31.6 Å². The summed E-state index contributed by atoms with van der Waals surface area (Å²) in [5.41, 5.74) is 4.51. The Bertz CT molecular complexity index is 993. The Balaban J connectivity index is 1.39. The lowest BCUT2D eigenvalue weighted by atomic mass is 9.98. The number of carboxylic acids is 1. The van der Waals surface area contributed by atoms with E-state index in [9.17, 15) is 14.4 Å². The Morgan fingerprint density at radius 2 is 1.69 bits per heavy atom. The highest BCUT2D eigenvalue weighted by atomic mass is 16.5. The normalized spacial score (nSPS) is 20.2. The number of rotatable bonds is 6. The number of benzene rings is 2. The van der Waals surface area contributed by atoms with Gasteiger partial charge in [0, 0.05) is 13.0 Å². The minimum absolute atomic E-state index is 0.0621. The van der Waals surface area contributed by atoms with Gasteiger partial charge in [-0.15, -0.1) is 0 Å². The fourth-order valence-electron chi connectivity index (χ4n) is 4.35. The van der Waals surface area contributed by atoms with Crippen molar-refractivity contribution in [3.05, 3.63) is 59.7 Å². The molecular weight excluding hydrogens is 412 g/mol. The zero-order valence-electron chi connectivity index (χ0n) is 18.0. The fourth-order valence-corrected chi connectivity index (χ4v) is 4.35. The molecule has 0 saturated carbocycles. The Morgan fingerprint density at radius 3 is 2.28 bits per heavy atom. The maximum atomic E-state index is 12.7. The summed E-state index contributed by atoms with van der Waals surface area (Å²) >= 11 is 0. The number of ether oxygens (including phenoxy) is 2. The van der Waals surface area contributed by atoms with Crippen LogP contribution in [0.1, 0.15) is 24.0 Å². The van der Waals surface area contributed by atoms with Crippen molar-refractivity contribution in [1.82, 2.24) is 10.2 Å². The number of amides is 2. The summed E-state index contributed by atoms with van der Waals surface area (Å²) in [5.74, 6) is -2.21. The molecule has 1 fully saturated rings. The van der Waals surface area contributed by atoms with Crippen LogP contribution in [0.25, 0.3) is 11.1 Å². The zero-order valence-corrected chi connectivity index (χ0v) is 18.0. The number of hydrogen-bond donors (Lipinski definition) is 2. The Morgan fingerprint density at radius 1 is 1.09 bits per heavy atom. The lowest BCUT2D eigenvalue weighted by Gasteiger charge is -2.27. The van der Waals surface area contributed by atoms with Crippen LogP contribution in [0, 0.1) is 5.92 Å². The van der Waals surface area contributed by atoms with E-state index in [1.807, 2.05) is 36.4 Å². The molecule has 0 radical (unpaired) electrons. The van der Waals surface area contributed by atoms with E-state index < -0.39 is 30.1 Å². The van der Waals surface area contributed by atoms with Crippen LogP contribution in [0.4, 0.5) is 4.79 Å². The van der Waals surface area contributed by atoms with Crippen molar-refractivity contribution in [2.24, 2.45) is 5.92 Å². The van der Waals surface area contributed by atoms with Crippen molar-refractivity contribution in [1.29, 1.82) is 0 Å². The molecule has 4 rings (SSSR count). The topological polar surface area (TPSA) is 105 Å². The van der Waals surface area contributed by atoms with Crippen LogP contribution in [0.5, 0.6) is 0 Å². The molecule has 168 valence electrons. The first-order valence-corrected chi connectivity index (χ1v) is 10.6. The predicted molar refractivity (Wildman–Crippen MR) is 116 cm³/mol. The summed E-state index contributed by atoms with van der Waals surface area (Å²) in [5, 5.41) is 11.9. The van der Waals surface area contributed by atoms with Gasteiger partial charge in [0.05, 0.1) is 25.2 Å². The molecular formula is C24H26N2O6. The fraction of sp³-hybridized carbons (Fsp3) is 0.375. The molecule has 2 aromatic carbocycles. The first-order valence-electron chi connectivity index (χ1n) is 10.6. The molecule has 0 spiro atoms. The van der Waals surface area contributed by atoms with Crippen molar-refractivity contribution >= 4 is 18.0 Å². The van der Waals surface area contributed by atoms with E-state index in [0.717, 1.165) is 27.2 Å². The van der Waals surface area contributed by atoms with Crippen LogP contribution in [-0.2, 0) is 19.1 Å². The van der Waals surface area contributed by atoms with Crippen LogP contribution < -0.4 is 5.32 Å². The maximum Gasteiger partial charge on any atom is 0.407 e. The van der Waals surface area contributed by atoms with Gasteiger partial charge in [-0.3, -0.25) is 4.79 Å². The number of hydrogen-bond acceptors (Lipinski definition) is 5. The molecule has 2 aliphatic rings. The van der Waals surface area contributed by atoms with Crippen LogP contribution in [-0.4, -0.2) is 66.9 Å². The van der Waals surface area contributed by atoms with Gasteiger partial charge in [0.1, 0.15) is 12.6 Å². The third-order valence-electron chi connectivity index (χ3n) is 6.33. The van der Waals surface area contributed by atoms with Gasteiger partial charge in [-0.05, 0) is 29.2 Å². The smallest absolute Gasteiger partial charge is 0.407 e. The van der Waals surface area contributed by atoms with Gasteiger partial charge in [-0.2, -0.15) is 0 Å². The van der Waals surface area contributed by atoms with E-state index in [2.05, 4.69) is 17.4 Å². The first kappa shape index (κ1) is 21.8. The molecule has 2 amide bonds. The SMILES string of the molecule is C[C@@H](C(=O)O)N(C)C(=O)C1COCC1NC(=O)OCC1c2ccccc2-c2ccccc21. The summed E-state index contributed by atoms with van der Waals surface area (Å²) in [6, 6.07) is 14.6. The van der Waals surface area contributed by atoms with Gasteiger partial charge < -0.3 is 24.8 Å². The summed E-state index contributed by atoms with van der Waals surface area (Å²) in [6.45, 7) is 1.88. The molecule has 1 heterocycles. The molecule has 32 heavy (non-hydrogen) atoms. The molecule has 2 N–H and O–H groups in total. The van der Waals surface area contributed by atoms with Gasteiger partial charge in [0.2, 0.25) is 5.91 Å². The van der Waals surface area contributed by atoms with E-state index in [0.29, 0.717) is 0 Å². The molecule has 8 nitrogen and oxygen atoms in total. The van der Waals surface area contributed by atoms with Crippen LogP contribution >= 0.6 is 0 Å².